The van der Waals surface area contributed by atoms with Gasteiger partial charge in [-0.2, -0.15) is 4.68 Å². The molecule has 0 amide bonds. The van der Waals surface area contributed by atoms with Gasteiger partial charge in [-0.15, -0.1) is 10.2 Å². The summed E-state index contributed by atoms with van der Waals surface area (Å²) in [5.74, 6) is 5.45. The molecule has 108 valence electrons. The summed E-state index contributed by atoms with van der Waals surface area (Å²) in [6.07, 6.45) is 9.92. The van der Waals surface area contributed by atoms with Crippen LogP contribution < -0.4 is 5.43 Å². The maximum atomic E-state index is 4.69. The lowest BCUT2D eigenvalue weighted by atomic mass is 9.49. The van der Waals surface area contributed by atoms with Crippen LogP contribution in [0.2, 0.25) is 0 Å². The summed E-state index contributed by atoms with van der Waals surface area (Å²) in [6.45, 7) is 1.18. The van der Waals surface area contributed by atoms with Crippen LogP contribution in [0.4, 0.5) is 0 Å². The summed E-state index contributed by atoms with van der Waals surface area (Å²) in [6, 6.07) is 0. The minimum absolute atomic E-state index is 0.376. The number of nitrogens with zero attached hydrogens (tertiary/aromatic N) is 3. The quantitative estimate of drug-likeness (QED) is 0.799. The Hall–Kier alpha value is -0.550. The van der Waals surface area contributed by atoms with E-state index in [0.29, 0.717) is 5.41 Å². The number of hydrogen-bond donors (Lipinski definition) is 1. The van der Waals surface area contributed by atoms with Gasteiger partial charge in [-0.25, -0.2) is 5.43 Å². The van der Waals surface area contributed by atoms with Gasteiger partial charge < -0.3 is 0 Å². The van der Waals surface area contributed by atoms with Gasteiger partial charge in [0.15, 0.2) is 5.82 Å². The first-order valence-corrected chi connectivity index (χ1v) is 9.22. The van der Waals surface area contributed by atoms with E-state index in [1.165, 1.54) is 63.1 Å². The summed E-state index contributed by atoms with van der Waals surface area (Å²) in [5.41, 5.74) is 2.74. The smallest absolute Gasteiger partial charge is 0.235 e. The van der Waals surface area contributed by atoms with Gasteiger partial charge in [-0.3, -0.25) is 0 Å². The molecule has 0 spiro atoms. The molecule has 1 aromatic heterocycles. The van der Waals surface area contributed by atoms with Gasteiger partial charge >= 0.3 is 0 Å². The summed E-state index contributed by atoms with van der Waals surface area (Å²) in [4.78, 5) is 0. The van der Waals surface area contributed by atoms with Crippen molar-refractivity contribution in [3.05, 3.63) is 5.82 Å². The SMILES string of the molecule is C1C[NH2+]n2c(nnc2C23CC4CC(CC(C4)C2)C3)SC1. The highest BCUT2D eigenvalue weighted by Crippen LogP contribution is 2.60. The zero-order valence-electron chi connectivity index (χ0n) is 11.9. The van der Waals surface area contributed by atoms with Crippen molar-refractivity contribution in [3.8, 4) is 0 Å². The second-order valence-electron chi connectivity index (χ2n) is 7.55. The lowest BCUT2D eigenvalue weighted by molar-refractivity contribution is -0.716. The highest BCUT2D eigenvalue weighted by molar-refractivity contribution is 7.99. The minimum atomic E-state index is 0.376. The molecule has 4 aliphatic carbocycles. The summed E-state index contributed by atoms with van der Waals surface area (Å²) >= 11 is 1.89. The van der Waals surface area contributed by atoms with E-state index in [-0.39, 0.29) is 0 Å². The van der Waals surface area contributed by atoms with Crippen molar-refractivity contribution >= 4 is 11.8 Å². The van der Waals surface area contributed by atoms with E-state index in [1.54, 1.807) is 0 Å². The first-order chi connectivity index (χ1) is 9.82. The second-order valence-corrected chi connectivity index (χ2v) is 8.61. The van der Waals surface area contributed by atoms with Gasteiger partial charge in [-0.1, -0.05) is 11.8 Å². The molecule has 0 radical (unpaired) electrons. The van der Waals surface area contributed by atoms with Crippen LogP contribution in [0.15, 0.2) is 5.16 Å². The second kappa shape index (κ2) is 4.23. The fraction of sp³-hybridized carbons (Fsp3) is 0.867. The molecule has 5 aliphatic rings. The Morgan fingerprint density at radius 3 is 2.45 bits per heavy atom. The van der Waals surface area contributed by atoms with Gasteiger partial charge in [0.1, 0.15) is 0 Å². The van der Waals surface area contributed by atoms with E-state index in [1.807, 2.05) is 11.8 Å². The van der Waals surface area contributed by atoms with Gasteiger partial charge in [0.05, 0.1) is 6.54 Å². The van der Waals surface area contributed by atoms with Crippen molar-refractivity contribution in [2.75, 3.05) is 12.3 Å². The van der Waals surface area contributed by atoms with E-state index in [4.69, 9.17) is 5.10 Å². The normalized spacial score (nSPS) is 42.5. The van der Waals surface area contributed by atoms with Crippen molar-refractivity contribution in [1.82, 2.24) is 14.9 Å². The van der Waals surface area contributed by atoms with Gasteiger partial charge in [0.2, 0.25) is 5.16 Å². The largest absolute Gasteiger partial charge is 0.239 e. The third kappa shape index (κ3) is 1.65. The molecule has 2 N–H and O–H groups in total. The first kappa shape index (κ1) is 12.0. The summed E-state index contributed by atoms with van der Waals surface area (Å²) in [5, 5.41) is 10.4. The number of aromatic nitrogens is 3. The third-order valence-corrected chi connectivity index (χ3v) is 7.10. The lowest BCUT2D eigenvalue weighted by Crippen LogP contribution is -2.88. The Bertz CT molecular complexity index is 503. The molecule has 1 aromatic rings. The predicted octanol–water partition coefficient (Wildman–Crippen LogP) is 1.57. The number of nitrogens with two attached hydrogens (primary N) is 1. The fourth-order valence-electron chi connectivity index (χ4n) is 5.75. The molecule has 0 unspecified atom stereocenters. The molecule has 0 aromatic carbocycles. The number of quaternary nitrogens is 1. The molecular formula is C15H23N4S+. The van der Waals surface area contributed by atoms with Crippen LogP contribution in [-0.4, -0.2) is 27.2 Å². The average Bonchev–Trinajstić information content (AvgIpc) is 2.68. The van der Waals surface area contributed by atoms with Crippen LogP contribution in [0.1, 0.15) is 50.8 Å². The maximum absolute atomic E-state index is 4.69. The van der Waals surface area contributed by atoms with Crippen molar-refractivity contribution in [2.45, 2.75) is 55.5 Å². The molecule has 0 atom stereocenters. The molecule has 2 heterocycles. The van der Waals surface area contributed by atoms with Crippen LogP contribution in [0.3, 0.4) is 0 Å². The molecule has 20 heavy (non-hydrogen) atoms. The average molecular weight is 291 g/mol. The molecule has 1 aliphatic heterocycles. The summed E-state index contributed by atoms with van der Waals surface area (Å²) in [7, 11) is 0. The van der Waals surface area contributed by atoms with Crippen LogP contribution in [-0.2, 0) is 5.41 Å². The van der Waals surface area contributed by atoms with Gasteiger partial charge in [0, 0.05) is 17.6 Å². The molecule has 4 saturated carbocycles. The van der Waals surface area contributed by atoms with Crippen LogP contribution in [0, 0.1) is 17.8 Å². The Labute approximate surface area is 124 Å². The molecular weight excluding hydrogens is 268 g/mol. The Balaban J connectivity index is 1.58. The first-order valence-electron chi connectivity index (χ1n) is 8.24. The van der Waals surface area contributed by atoms with Crippen molar-refractivity contribution < 1.29 is 5.43 Å². The standard InChI is InChI=1S/C15H22N4S/c1-2-16-19-13(17-18-14(19)20-3-1)15-7-10-4-11(8-15)6-12(5-10)9-15/h10-12,16H,1-9H2/p+1. The molecule has 4 bridgehead atoms. The topological polar surface area (TPSA) is 47.3 Å². The van der Waals surface area contributed by atoms with E-state index in [9.17, 15) is 0 Å². The van der Waals surface area contributed by atoms with E-state index in [2.05, 4.69) is 15.2 Å². The van der Waals surface area contributed by atoms with E-state index < -0.39 is 0 Å². The molecule has 4 fully saturated rings. The van der Waals surface area contributed by atoms with Crippen molar-refractivity contribution in [2.24, 2.45) is 17.8 Å². The van der Waals surface area contributed by atoms with Crippen LogP contribution in [0.25, 0.3) is 0 Å². The fourth-order valence-corrected chi connectivity index (χ4v) is 6.65. The van der Waals surface area contributed by atoms with Crippen molar-refractivity contribution in [1.29, 1.82) is 0 Å². The Morgan fingerprint density at radius 2 is 1.75 bits per heavy atom. The Kier molecular flexibility index (Phi) is 2.55. The van der Waals surface area contributed by atoms with Gasteiger partial charge in [0.25, 0.3) is 0 Å². The zero-order valence-corrected chi connectivity index (χ0v) is 12.7. The van der Waals surface area contributed by atoms with Crippen LogP contribution >= 0.6 is 11.8 Å². The zero-order chi connectivity index (χ0) is 13.2. The highest BCUT2D eigenvalue weighted by Gasteiger charge is 2.54. The minimum Gasteiger partial charge on any atom is -0.235 e. The predicted molar refractivity (Wildman–Crippen MR) is 77.4 cm³/mol. The number of rotatable bonds is 1. The Morgan fingerprint density at radius 1 is 1.05 bits per heavy atom. The van der Waals surface area contributed by atoms with Crippen molar-refractivity contribution in [3.63, 3.8) is 0 Å². The van der Waals surface area contributed by atoms with E-state index in [0.717, 1.165) is 22.9 Å². The molecule has 5 heteroatoms. The maximum Gasteiger partial charge on any atom is 0.239 e. The highest BCUT2D eigenvalue weighted by atomic mass is 32.2. The molecule has 6 rings (SSSR count). The van der Waals surface area contributed by atoms with E-state index >= 15 is 0 Å². The number of hydrogen-bond acceptors (Lipinski definition) is 3. The monoisotopic (exact) mass is 291 g/mol. The summed E-state index contributed by atoms with van der Waals surface area (Å²) < 4.78 is 2.38. The van der Waals surface area contributed by atoms with Gasteiger partial charge in [-0.05, 0) is 56.3 Å². The van der Waals surface area contributed by atoms with Crippen LogP contribution in [0.5, 0.6) is 0 Å². The third-order valence-electron chi connectivity index (χ3n) is 6.07. The number of fused-ring (bicyclic) bond motifs is 1. The lowest BCUT2D eigenvalue weighted by Gasteiger charge is -2.55. The molecule has 0 saturated heterocycles. The molecule has 4 nitrogen and oxygen atoms in total. The number of thioether (sulfide) groups is 1.